The molecule has 0 amide bonds. The molecule has 0 fully saturated rings. The Morgan fingerprint density at radius 1 is 1.17 bits per heavy atom. The number of hydrogen-bond acceptors (Lipinski definition) is 3. The molecule has 0 heterocycles. The maximum atomic E-state index is 13.5. The first-order chi connectivity index (χ1) is 11.4. The van der Waals surface area contributed by atoms with Gasteiger partial charge in [-0.1, -0.05) is 32.3 Å². The Bertz CT molecular complexity index is 645. The van der Waals surface area contributed by atoms with E-state index in [-0.39, 0.29) is 11.6 Å². The van der Waals surface area contributed by atoms with E-state index in [1.807, 2.05) is 0 Å². The molecule has 1 aromatic carbocycles. The molecule has 24 heavy (non-hydrogen) atoms. The molecule has 1 aromatic rings. The largest absolute Gasteiger partial charge is 0.356 e. The third kappa shape index (κ3) is 8.29. The molecule has 0 unspecified atom stereocenters. The van der Waals surface area contributed by atoms with Crippen LogP contribution in [0.25, 0.3) is 0 Å². The summed E-state index contributed by atoms with van der Waals surface area (Å²) in [5.74, 6) is 0.139. The van der Waals surface area contributed by atoms with Gasteiger partial charge in [0.1, 0.15) is 5.82 Å². The summed E-state index contributed by atoms with van der Waals surface area (Å²) < 4.78 is 36.5. The van der Waals surface area contributed by atoms with Crippen molar-refractivity contribution >= 4 is 15.8 Å². The molecule has 0 saturated carbocycles. The first kappa shape index (κ1) is 20.4. The number of benzene rings is 1. The molecule has 0 atom stereocenters. The minimum atomic E-state index is -3.18. The molecule has 0 saturated heterocycles. The lowest BCUT2D eigenvalue weighted by Gasteiger charge is -2.14. The first-order valence-corrected chi connectivity index (χ1v) is 10.3. The summed E-state index contributed by atoms with van der Waals surface area (Å²) in [6, 6.07) is 4.17. The Morgan fingerprint density at radius 2 is 1.92 bits per heavy atom. The van der Waals surface area contributed by atoms with Gasteiger partial charge in [0.05, 0.1) is 5.75 Å². The van der Waals surface area contributed by atoms with Gasteiger partial charge in [-0.05, 0) is 29.7 Å². The summed E-state index contributed by atoms with van der Waals surface area (Å²) in [7, 11) is -1.50. The van der Waals surface area contributed by atoms with Crippen LogP contribution in [0, 0.1) is 5.82 Å². The number of hydrogen-bond donors (Lipinski definition) is 2. The van der Waals surface area contributed by atoms with E-state index in [0.717, 1.165) is 13.0 Å². The topological polar surface area (TPSA) is 70.6 Å². The van der Waals surface area contributed by atoms with Crippen LogP contribution in [0.3, 0.4) is 0 Å². The van der Waals surface area contributed by atoms with Crippen molar-refractivity contribution in [3.05, 3.63) is 35.1 Å². The minimum absolute atomic E-state index is 0.104. The third-order valence-electron chi connectivity index (χ3n) is 3.58. The van der Waals surface area contributed by atoms with E-state index in [0.29, 0.717) is 23.6 Å². The van der Waals surface area contributed by atoms with Gasteiger partial charge in [0.15, 0.2) is 15.8 Å². The molecule has 2 N–H and O–H groups in total. The van der Waals surface area contributed by atoms with Crippen LogP contribution in [0.1, 0.15) is 43.7 Å². The fraction of sp³-hybridized carbons (Fsp3) is 0.588. The van der Waals surface area contributed by atoms with Crippen LogP contribution in [0.15, 0.2) is 23.2 Å². The number of guanidine groups is 1. The first-order valence-electron chi connectivity index (χ1n) is 8.25. The lowest BCUT2D eigenvalue weighted by Crippen LogP contribution is -2.37. The molecule has 0 radical (unpaired) electrons. The van der Waals surface area contributed by atoms with E-state index in [4.69, 9.17) is 0 Å². The fourth-order valence-electron chi connectivity index (χ4n) is 2.34. The van der Waals surface area contributed by atoms with Crippen LogP contribution in [0.4, 0.5) is 4.39 Å². The Balaban J connectivity index is 2.62. The second-order valence-corrected chi connectivity index (χ2v) is 8.04. The number of rotatable bonds is 9. The second-order valence-electron chi connectivity index (χ2n) is 5.90. The standard InChI is InChI=1S/C17H28FN3O2S/c1-4-5-6-7-10-20-17(19-2)21-12-15-11-16(18)9-8-14(15)13-24(3,22)23/h8-9,11H,4-7,10,12-13H2,1-3H3,(H2,19,20,21). The Kier molecular flexibility index (Phi) is 8.74. The van der Waals surface area contributed by atoms with Crippen molar-refractivity contribution in [1.82, 2.24) is 10.6 Å². The highest BCUT2D eigenvalue weighted by Crippen LogP contribution is 2.14. The van der Waals surface area contributed by atoms with Gasteiger partial charge in [-0.3, -0.25) is 4.99 Å². The quantitative estimate of drug-likeness (QED) is 0.405. The zero-order chi connectivity index (χ0) is 18.0. The zero-order valence-corrected chi connectivity index (χ0v) is 15.5. The predicted molar refractivity (Wildman–Crippen MR) is 97.3 cm³/mol. The molecule has 0 aromatic heterocycles. The molecule has 0 spiro atoms. The maximum Gasteiger partial charge on any atom is 0.191 e. The molecular formula is C17H28FN3O2S. The number of nitrogens with zero attached hydrogens (tertiary/aromatic N) is 1. The Hall–Kier alpha value is -1.63. The van der Waals surface area contributed by atoms with Gasteiger partial charge >= 0.3 is 0 Å². The normalized spacial score (nSPS) is 12.2. The van der Waals surface area contributed by atoms with Crippen LogP contribution < -0.4 is 10.6 Å². The van der Waals surface area contributed by atoms with Crippen molar-refractivity contribution in [3.8, 4) is 0 Å². The van der Waals surface area contributed by atoms with E-state index in [1.165, 1.54) is 43.7 Å². The van der Waals surface area contributed by atoms with Crippen molar-refractivity contribution < 1.29 is 12.8 Å². The van der Waals surface area contributed by atoms with Gasteiger partial charge in [-0.2, -0.15) is 0 Å². The molecule has 0 aliphatic rings. The molecule has 136 valence electrons. The van der Waals surface area contributed by atoms with Gasteiger partial charge in [0.2, 0.25) is 0 Å². The van der Waals surface area contributed by atoms with Gasteiger partial charge < -0.3 is 10.6 Å². The molecule has 1 rings (SSSR count). The van der Waals surface area contributed by atoms with E-state index < -0.39 is 9.84 Å². The van der Waals surface area contributed by atoms with E-state index in [2.05, 4.69) is 22.5 Å². The minimum Gasteiger partial charge on any atom is -0.356 e. The van der Waals surface area contributed by atoms with Crippen LogP contribution in [0.2, 0.25) is 0 Å². The van der Waals surface area contributed by atoms with Crippen LogP contribution in [-0.2, 0) is 22.1 Å². The lowest BCUT2D eigenvalue weighted by atomic mass is 10.1. The van der Waals surface area contributed by atoms with Crippen LogP contribution in [-0.4, -0.2) is 34.2 Å². The summed E-state index contributed by atoms with van der Waals surface area (Å²) in [6.07, 6.45) is 5.81. The van der Waals surface area contributed by atoms with Crippen molar-refractivity contribution in [2.45, 2.75) is 44.9 Å². The predicted octanol–water partition coefficient (Wildman–Crippen LogP) is 2.62. The van der Waals surface area contributed by atoms with E-state index in [9.17, 15) is 12.8 Å². The second kappa shape index (κ2) is 10.3. The van der Waals surface area contributed by atoms with E-state index in [1.54, 1.807) is 7.05 Å². The third-order valence-corrected chi connectivity index (χ3v) is 4.41. The Labute approximate surface area is 144 Å². The smallest absolute Gasteiger partial charge is 0.191 e. The summed E-state index contributed by atoms with van der Waals surface area (Å²) in [4.78, 5) is 4.13. The molecule has 7 heteroatoms. The number of unbranched alkanes of at least 4 members (excludes halogenated alkanes) is 3. The van der Waals surface area contributed by atoms with Gasteiger partial charge in [-0.25, -0.2) is 12.8 Å². The summed E-state index contributed by atoms with van der Waals surface area (Å²) in [5.41, 5.74) is 1.22. The number of nitrogens with one attached hydrogen (secondary N) is 2. The molecule has 5 nitrogen and oxygen atoms in total. The van der Waals surface area contributed by atoms with Crippen molar-refractivity contribution in [2.24, 2.45) is 4.99 Å². The maximum absolute atomic E-state index is 13.5. The molecule has 0 aliphatic carbocycles. The highest BCUT2D eigenvalue weighted by Gasteiger charge is 2.11. The van der Waals surface area contributed by atoms with Crippen LogP contribution in [0.5, 0.6) is 0 Å². The fourth-order valence-corrected chi connectivity index (χ4v) is 3.19. The van der Waals surface area contributed by atoms with Gasteiger partial charge in [0, 0.05) is 26.4 Å². The van der Waals surface area contributed by atoms with Crippen molar-refractivity contribution in [1.29, 1.82) is 0 Å². The summed E-state index contributed by atoms with van der Waals surface area (Å²) >= 11 is 0. The molecular weight excluding hydrogens is 329 g/mol. The zero-order valence-electron chi connectivity index (χ0n) is 14.7. The highest BCUT2D eigenvalue weighted by atomic mass is 32.2. The summed E-state index contributed by atoms with van der Waals surface area (Å²) in [5, 5.41) is 6.32. The van der Waals surface area contributed by atoms with Crippen molar-refractivity contribution in [3.63, 3.8) is 0 Å². The van der Waals surface area contributed by atoms with Gasteiger partial charge in [0.25, 0.3) is 0 Å². The Morgan fingerprint density at radius 3 is 2.54 bits per heavy atom. The average molecular weight is 357 g/mol. The van der Waals surface area contributed by atoms with Crippen LogP contribution >= 0.6 is 0 Å². The molecule has 0 aliphatic heterocycles. The van der Waals surface area contributed by atoms with Crippen molar-refractivity contribution in [2.75, 3.05) is 19.8 Å². The summed E-state index contributed by atoms with van der Waals surface area (Å²) in [6.45, 7) is 3.30. The number of aliphatic imine (C=N–C) groups is 1. The average Bonchev–Trinajstić information content (AvgIpc) is 2.51. The monoisotopic (exact) mass is 357 g/mol. The molecule has 0 bridgehead atoms. The lowest BCUT2D eigenvalue weighted by molar-refractivity contribution is 0.599. The van der Waals surface area contributed by atoms with Gasteiger partial charge in [-0.15, -0.1) is 0 Å². The highest BCUT2D eigenvalue weighted by molar-refractivity contribution is 7.89. The number of sulfone groups is 1. The number of halogens is 1. The van der Waals surface area contributed by atoms with E-state index >= 15 is 0 Å². The SMILES string of the molecule is CCCCCCNC(=NC)NCc1cc(F)ccc1CS(C)(=O)=O.